The lowest BCUT2D eigenvalue weighted by Crippen LogP contribution is -2.45. The second-order valence-electron chi connectivity index (χ2n) is 5.37. The van der Waals surface area contributed by atoms with Crippen LogP contribution in [0.3, 0.4) is 0 Å². The molecule has 2 aromatic rings. The van der Waals surface area contributed by atoms with E-state index in [-0.39, 0.29) is 0 Å². The van der Waals surface area contributed by atoms with Gasteiger partial charge in [-0.2, -0.15) is 5.10 Å². The Labute approximate surface area is 130 Å². The Morgan fingerprint density at radius 3 is 2.81 bits per heavy atom. The average Bonchev–Trinajstić information content (AvgIpc) is 3.18. The number of piperazine rings is 1. The van der Waals surface area contributed by atoms with E-state index in [4.69, 9.17) is 4.98 Å². The molecule has 1 aliphatic rings. The van der Waals surface area contributed by atoms with Crippen molar-refractivity contribution in [2.45, 2.75) is 32.9 Å². The van der Waals surface area contributed by atoms with E-state index in [9.17, 15) is 0 Å². The van der Waals surface area contributed by atoms with Crippen LogP contribution in [0, 0.1) is 0 Å². The van der Waals surface area contributed by atoms with Gasteiger partial charge in [-0.1, -0.05) is 6.92 Å². The zero-order valence-electron chi connectivity index (χ0n) is 12.7. The molecule has 5 nitrogen and oxygen atoms in total. The van der Waals surface area contributed by atoms with Gasteiger partial charge in [0.1, 0.15) is 5.01 Å². The number of nitrogens with zero attached hydrogens (tertiary/aromatic N) is 4. The molecule has 0 aliphatic carbocycles. The number of aryl methyl sites for hydroxylation is 1. The lowest BCUT2D eigenvalue weighted by Gasteiger charge is -2.33. The van der Waals surface area contributed by atoms with E-state index >= 15 is 0 Å². The van der Waals surface area contributed by atoms with Gasteiger partial charge in [0.25, 0.3) is 0 Å². The van der Waals surface area contributed by atoms with Crippen molar-refractivity contribution in [1.82, 2.24) is 25.0 Å². The quantitative estimate of drug-likeness (QED) is 0.921. The predicted molar refractivity (Wildman–Crippen MR) is 86.5 cm³/mol. The van der Waals surface area contributed by atoms with Gasteiger partial charge in [0, 0.05) is 49.9 Å². The molecule has 1 N–H and O–H groups in total. The van der Waals surface area contributed by atoms with Gasteiger partial charge in [0.05, 0.1) is 17.9 Å². The SMILES string of the molecule is CCC(c1nc(-c2cnn(CC)c2)cs1)N1CCNCC1. The summed E-state index contributed by atoms with van der Waals surface area (Å²) in [6.45, 7) is 9.64. The van der Waals surface area contributed by atoms with Crippen LogP contribution in [-0.2, 0) is 6.54 Å². The van der Waals surface area contributed by atoms with E-state index in [0.717, 1.165) is 50.4 Å². The molecule has 0 spiro atoms. The predicted octanol–water partition coefficient (Wildman–Crippen LogP) is 2.38. The third kappa shape index (κ3) is 3.17. The van der Waals surface area contributed by atoms with E-state index < -0.39 is 0 Å². The summed E-state index contributed by atoms with van der Waals surface area (Å²) in [6.07, 6.45) is 5.10. The van der Waals surface area contributed by atoms with Crippen molar-refractivity contribution in [3.63, 3.8) is 0 Å². The number of rotatable bonds is 5. The number of nitrogens with one attached hydrogen (secondary N) is 1. The molecule has 0 aromatic carbocycles. The topological polar surface area (TPSA) is 46.0 Å². The molecule has 0 saturated carbocycles. The lowest BCUT2D eigenvalue weighted by molar-refractivity contribution is 0.169. The highest BCUT2D eigenvalue weighted by atomic mass is 32.1. The first-order valence-electron chi connectivity index (χ1n) is 7.74. The Hall–Kier alpha value is -1.24. The molecule has 114 valence electrons. The highest BCUT2D eigenvalue weighted by molar-refractivity contribution is 7.10. The zero-order valence-corrected chi connectivity index (χ0v) is 13.6. The molecule has 3 rings (SSSR count). The minimum Gasteiger partial charge on any atom is -0.314 e. The van der Waals surface area contributed by atoms with Crippen LogP contribution in [0.15, 0.2) is 17.8 Å². The van der Waals surface area contributed by atoms with Gasteiger partial charge in [0.15, 0.2) is 0 Å². The summed E-state index contributed by atoms with van der Waals surface area (Å²) in [4.78, 5) is 7.43. The van der Waals surface area contributed by atoms with Crippen molar-refractivity contribution >= 4 is 11.3 Å². The molecule has 1 saturated heterocycles. The van der Waals surface area contributed by atoms with Crippen molar-refractivity contribution in [1.29, 1.82) is 0 Å². The Morgan fingerprint density at radius 2 is 2.14 bits per heavy atom. The normalized spacial score (nSPS) is 18.0. The number of aromatic nitrogens is 3. The first-order chi connectivity index (χ1) is 10.3. The lowest BCUT2D eigenvalue weighted by atomic mass is 10.1. The molecule has 0 bridgehead atoms. The zero-order chi connectivity index (χ0) is 14.7. The number of hydrogen-bond acceptors (Lipinski definition) is 5. The van der Waals surface area contributed by atoms with Crippen LogP contribution in [0.25, 0.3) is 11.3 Å². The van der Waals surface area contributed by atoms with Crippen LogP contribution in [0.2, 0.25) is 0 Å². The van der Waals surface area contributed by atoms with Crippen LogP contribution in [-0.4, -0.2) is 45.8 Å². The van der Waals surface area contributed by atoms with E-state index in [1.165, 1.54) is 5.01 Å². The van der Waals surface area contributed by atoms with Crippen LogP contribution in [0.1, 0.15) is 31.3 Å². The third-order valence-electron chi connectivity index (χ3n) is 4.04. The number of hydrogen-bond donors (Lipinski definition) is 1. The number of thiazole rings is 1. The van der Waals surface area contributed by atoms with E-state index in [1.54, 1.807) is 11.3 Å². The molecule has 1 fully saturated rings. The van der Waals surface area contributed by atoms with Gasteiger partial charge in [-0.3, -0.25) is 9.58 Å². The molecule has 6 heteroatoms. The maximum atomic E-state index is 4.88. The molecule has 1 unspecified atom stereocenters. The Bertz CT molecular complexity index is 570. The first kappa shape index (κ1) is 14.7. The van der Waals surface area contributed by atoms with Crippen molar-refractivity contribution < 1.29 is 0 Å². The monoisotopic (exact) mass is 305 g/mol. The van der Waals surface area contributed by atoms with E-state index in [0.29, 0.717) is 6.04 Å². The molecular weight excluding hydrogens is 282 g/mol. The molecule has 3 heterocycles. The molecule has 1 aliphatic heterocycles. The summed E-state index contributed by atoms with van der Waals surface area (Å²) < 4.78 is 1.95. The first-order valence-corrected chi connectivity index (χ1v) is 8.62. The van der Waals surface area contributed by atoms with Crippen LogP contribution in [0.5, 0.6) is 0 Å². The van der Waals surface area contributed by atoms with Gasteiger partial charge in [-0.15, -0.1) is 11.3 Å². The smallest absolute Gasteiger partial charge is 0.110 e. The second kappa shape index (κ2) is 6.68. The molecule has 1 atom stereocenters. The van der Waals surface area contributed by atoms with E-state index in [1.807, 2.05) is 10.9 Å². The minimum atomic E-state index is 0.451. The third-order valence-corrected chi connectivity index (χ3v) is 4.99. The van der Waals surface area contributed by atoms with E-state index in [2.05, 4.69) is 40.7 Å². The van der Waals surface area contributed by atoms with Crippen molar-refractivity contribution in [3.8, 4) is 11.3 Å². The Kier molecular flexibility index (Phi) is 4.67. The Morgan fingerprint density at radius 1 is 1.33 bits per heavy atom. The summed E-state index contributed by atoms with van der Waals surface area (Å²) in [5, 5.41) is 11.2. The second-order valence-corrected chi connectivity index (χ2v) is 6.26. The van der Waals surface area contributed by atoms with Gasteiger partial charge in [0.2, 0.25) is 0 Å². The minimum absolute atomic E-state index is 0.451. The van der Waals surface area contributed by atoms with Gasteiger partial charge in [-0.05, 0) is 13.3 Å². The standard InChI is InChI=1S/C15H23N5S/c1-3-14(19-7-5-16-6-8-19)15-18-13(11-21-15)12-9-17-20(4-2)10-12/h9-11,14,16H,3-8H2,1-2H3. The van der Waals surface area contributed by atoms with Crippen molar-refractivity contribution in [3.05, 3.63) is 22.8 Å². The van der Waals surface area contributed by atoms with Crippen molar-refractivity contribution in [2.24, 2.45) is 0 Å². The Balaban J connectivity index is 1.78. The fourth-order valence-corrected chi connectivity index (χ4v) is 3.87. The largest absolute Gasteiger partial charge is 0.314 e. The summed E-state index contributed by atoms with van der Waals surface area (Å²) in [5.41, 5.74) is 2.18. The summed E-state index contributed by atoms with van der Waals surface area (Å²) in [7, 11) is 0. The molecule has 0 radical (unpaired) electrons. The highest BCUT2D eigenvalue weighted by Crippen LogP contribution is 2.30. The fraction of sp³-hybridized carbons (Fsp3) is 0.600. The van der Waals surface area contributed by atoms with Crippen LogP contribution >= 0.6 is 11.3 Å². The summed E-state index contributed by atoms with van der Waals surface area (Å²) in [5.74, 6) is 0. The maximum Gasteiger partial charge on any atom is 0.110 e. The van der Waals surface area contributed by atoms with Gasteiger partial charge in [-0.25, -0.2) is 4.98 Å². The molecule has 2 aromatic heterocycles. The van der Waals surface area contributed by atoms with Gasteiger partial charge >= 0.3 is 0 Å². The van der Waals surface area contributed by atoms with Crippen LogP contribution < -0.4 is 5.32 Å². The summed E-state index contributed by atoms with van der Waals surface area (Å²) >= 11 is 1.78. The molecular formula is C15H23N5S. The fourth-order valence-electron chi connectivity index (χ4n) is 2.82. The van der Waals surface area contributed by atoms with Gasteiger partial charge < -0.3 is 5.32 Å². The molecule has 21 heavy (non-hydrogen) atoms. The maximum absolute atomic E-state index is 4.88. The highest BCUT2D eigenvalue weighted by Gasteiger charge is 2.23. The van der Waals surface area contributed by atoms with Crippen LogP contribution in [0.4, 0.5) is 0 Å². The summed E-state index contributed by atoms with van der Waals surface area (Å²) in [6, 6.07) is 0.451. The van der Waals surface area contributed by atoms with Crippen molar-refractivity contribution in [2.75, 3.05) is 26.2 Å². The molecule has 0 amide bonds. The average molecular weight is 305 g/mol.